The van der Waals surface area contributed by atoms with E-state index in [1.54, 1.807) is 0 Å². The van der Waals surface area contributed by atoms with Gasteiger partial charge in [0.2, 0.25) is 15.9 Å². The average Bonchev–Trinajstić information content (AvgIpc) is 2.36. The highest BCUT2D eigenvalue weighted by Gasteiger charge is 2.44. The Bertz CT molecular complexity index is 540. The highest BCUT2D eigenvalue weighted by molar-refractivity contribution is 7.89. The highest BCUT2D eigenvalue weighted by atomic mass is 32.2. The number of hydrogen-bond donors (Lipinski definition) is 3. The zero-order valence-electron chi connectivity index (χ0n) is 8.09. The van der Waals surface area contributed by atoms with Crippen molar-refractivity contribution >= 4 is 10.0 Å². The molecule has 0 amide bonds. The number of alkyl halides is 1. The lowest BCUT2D eigenvalue weighted by molar-refractivity contribution is -0.109. The fraction of sp³-hybridized carbons (Fsp3) is 0.333. The van der Waals surface area contributed by atoms with Crippen molar-refractivity contribution in [2.24, 2.45) is 5.14 Å². The maximum atomic E-state index is 13.6. The Morgan fingerprint density at radius 3 is 2.69 bits per heavy atom. The van der Waals surface area contributed by atoms with Crippen LogP contribution in [0.25, 0.3) is 0 Å². The van der Waals surface area contributed by atoms with Crippen molar-refractivity contribution < 1.29 is 23.0 Å². The molecule has 1 aliphatic carbocycles. The van der Waals surface area contributed by atoms with Gasteiger partial charge in [-0.1, -0.05) is 12.1 Å². The van der Waals surface area contributed by atoms with E-state index >= 15 is 0 Å². The minimum atomic E-state index is -4.05. The number of aliphatic hydroxyl groups excluding tert-OH is 1. The first kappa shape index (κ1) is 11.5. The molecule has 1 aromatic rings. The fourth-order valence-electron chi connectivity index (χ4n) is 1.94. The maximum Gasteiger partial charge on any atom is 0.238 e. The highest BCUT2D eigenvalue weighted by Crippen LogP contribution is 2.46. The van der Waals surface area contributed by atoms with Crippen molar-refractivity contribution in [1.29, 1.82) is 0 Å². The summed E-state index contributed by atoms with van der Waals surface area (Å²) in [4.78, 5) is -0.355. The van der Waals surface area contributed by atoms with Gasteiger partial charge in [0.05, 0.1) is 11.0 Å². The Kier molecular flexibility index (Phi) is 2.32. The molecule has 0 aromatic heterocycles. The molecule has 0 saturated carbocycles. The predicted molar refractivity (Wildman–Crippen MR) is 52.4 cm³/mol. The van der Waals surface area contributed by atoms with Gasteiger partial charge in [-0.25, -0.2) is 17.9 Å². The summed E-state index contributed by atoms with van der Waals surface area (Å²) >= 11 is 0. The Morgan fingerprint density at radius 1 is 1.50 bits per heavy atom. The molecule has 4 N–H and O–H groups in total. The average molecular weight is 247 g/mol. The zero-order chi connectivity index (χ0) is 12.1. The summed E-state index contributed by atoms with van der Waals surface area (Å²) in [6, 6.07) is 3.65. The smallest absolute Gasteiger partial charge is 0.238 e. The van der Waals surface area contributed by atoms with Gasteiger partial charge >= 0.3 is 0 Å². The molecule has 2 unspecified atom stereocenters. The maximum absolute atomic E-state index is 13.6. The van der Waals surface area contributed by atoms with Crippen LogP contribution in [0.15, 0.2) is 23.1 Å². The third kappa shape index (κ3) is 1.61. The van der Waals surface area contributed by atoms with Crippen molar-refractivity contribution in [3.63, 3.8) is 0 Å². The monoisotopic (exact) mass is 247 g/mol. The van der Waals surface area contributed by atoms with Crippen molar-refractivity contribution in [3.8, 4) is 0 Å². The van der Waals surface area contributed by atoms with E-state index in [1.807, 2.05) is 0 Å². The SMILES string of the molecule is NS(=O)(=O)c1cccc2c1C(O)CC2(O)F. The van der Waals surface area contributed by atoms with E-state index in [2.05, 4.69) is 0 Å². The van der Waals surface area contributed by atoms with Crippen molar-refractivity contribution in [2.45, 2.75) is 23.3 Å². The van der Waals surface area contributed by atoms with Gasteiger partial charge in [0, 0.05) is 17.5 Å². The Morgan fingerprint density at radius 2 is 2.12 bits per heavy atom. The summed E-state index contributed by atoms with van der Waals surface area (Å²) in [6.45, 7) is 0. The summed E-state index contributed by atoms with van der Waals surface area (Å²) in [7, 11) is -4.05. The van der Waals surface area contributed by atoms with Gasteiger partial charge in [0.25, 0.3) is 0 Å². The van der Waals surface area contributed by atoms with E-state index in [-0.39, 0.29) is 16.0 Å². The summed E-state index contributed by atoms with van der Waals surface area (Å²) in [5.41, 5.74) is -0.401. The van der Waals surface area contributed by atoms with E-state index < -0.39 is 28.4 Å². The first-order valence-electron chi connectivity index (χ1n) is 4.49. The van der Waals surface area contributed by atoms with Crippen LogP contribution in [-0.4, -0.2) is 18.6 Å². The number of hydrogen-bond acceptors (Lipinski definition) is 4. The van der Waals surface area contributed by atoms with Gasteiger partial charge in [-0.05, 0) is 6.07 Å². The molecule has 7 heteroatoms. The number of benzene rings is 1. The van der Waals surface area contributed by atoms with Crippen LogP contribution in [0.1, 0.15) is 23.7 Å². The summed E-state index contributed by atoms with van der Waals surface area (Å²) in [5.74, 6) is -2.71. The fourth-order valence-corrected chi connectivity index (χ4v) is 2.76. The number of aliphatic hydroxyl groups is 2. The molecule has 0 heterocycles. The topological polar surface area (TPSA) is 101 Å². The lowest BCUT2D eigenvalue weighted by Gasteiger charge is -2.12. The Hall–Kier alpha value is -1.02. The number of rotatable bonds is 1. The van der Waals surface area contributed by atoms with Crippen molar-refractivity contribution in [2.75, 3.05) is 0 Å². The number of nitrogens with two attached hydrogens (primary N) is 1. The normalized spacial score (nSPS) is 29.1. The molecule has 1 aliphatic rings. The molecule has 1 aromatic carbocycles. The van der Waals surface area contributed by atoms with Crippen LogP contribution in [0.4, 0.5) is 4.39 Å². The molecule has 0 bridgehead atoms. The van der Waals surface area contributed by atoms with Crippen molar-refractivity contribution in [3.05, 3.63) is 29.3 Å². The summed E-state index contributed by atoms with van der Waals surface area (Å²) < 4.78 is 36.0. The third-order valence-electron chi connectivity index (χ3n) is 2.58. The molecule has 0 saturated heterocycles. The summed E-state index contributed by atoms with van der Waals surface area (Å²) in [5, 5.41) is 23.8. The number of sulfonamides is 1. The van der Waals surface area contributed by atoms with Crippen LogP contribution >= 0.6 is 0 Å². The minimum Gasteiger partial charge on any atom is -0.388 e. The van der Waals surface area contributed by atoms with Crippen LogP contribution < -0.4 is 5.14 Å². The molecule has 0 spiro atoms. The summed E-state index contributed by atoms with van der Waals surface area (Å²) in [6.07, 6.45) is -1.96. The second-order valence-corrected chi connectivity index (χ2v) is 5.27. The van der Waals surface area contributed by atoms with Crippen LogP contribution in [0.2, 0.25) is 0 Å². The second-order valence-electron chi connectivity index (χ2n) is 3.74. The zero-order valence-corrected chi connectivity index (χ0v) is 8.91. The molecule has 88 valence electrons. The number of fused-ring (bicyclic) bond motifs is 1. The van der Waals surface area contributed by atoms with Crippen LogP contribution in [0.3, 0.4) is 0 Å². The molecule has 5 nitrogen and oxygen atoms in total. The largest absolute Gasteiger partial charge is 0.388 e. The molecule has 0 fully saturated rings. The molecule has 2 rings (SSSR count). The lowest BCUT2D eigenvalue weighted by atomic mass is 10.1. The van der Waals surface area contributed by atoms with Crippen molar-refractivity contribution in [1.82, 2.24) is 0 Å². The Labute approximate surface area is 91.4 Å². The van der Waals surface area contributed by atoms with Crippen LogP contribution in [0.5, 0.6) is 0 Å². The van der Waals surface area contributed by atoms with E-state index in [9.17, 15) is 23.0 Å². The number of primary sulfonamides is 1. The first-order chi connectivity index (χ1) is 7.23. The van der Waals surface area contributed by atoms with Gasteiger partial charge in [-0.2, -0.15) is 0 Å². The Balaban J connectivity index is 2.76. The quantitative estimate of drug-likeness (QED) is 0.644. The minimum absolute atomic E-state index is 0.157. The molecule has 16 heavy (non-hydrogen) atoms. The first-order valence-corrected chi connectivity index (χ1v) is 6.03. The van der Waals surface area contributed by atoms with E-state index in [4.69, 9.17) is 5.14 Å². The van der Waals surface area contributed by atoms with Gasteiger partial charge in [0.15, 0.2) is 0 Å². The van der Waals surface area contributed by atoms with Crippen LogP contribution in [0, 0.1) is 0 Å². The third-order valence-corrected chi connectivity index (χ3v) is 3.55. The van der Waals surface area contributed by atoms with Gasteiger partial charge in [-0.3, -0.25) is 0 Å². The van der Waals surface area contributed by atoms with E-state index in [1.165, 1.54) is 18.2 Å². The second kappa shape index (κ2) is 3.24. The molecule has 0 aliphatic heterocycles. The standard InChI is InChI=1S/C9H10FNO4S/c10-9(13)4-6(12)8-5(9)2-1-3-7(8)16(11,14)15/h1-3,6,12-13H,4H2,(H2,11,14,15). The molecule has 2 atom stereocenters. The van der Waals surface area contributed by atoms with Crippen LogP contribution in [-0.2, 0) is 15.9 Å². The lowest BCUT2D eigenvalue weighted by Crippen LogP contribution is -2.17. The van der Waals surface area contributed by atoms with Gasteiger partial charge in [-0.15, -0.1) is 0 Å². The molecular weight excluding hydrogens is 237 g/mol. The molecule has 0 radical (unpaired) electrons. The van der Waals surface area contributed by atoms with E-state index in [0.717, 1.165) is 0 Å². The molecular formula is C9H10FNO4S. The number of halogens is 1. The predicted octanol–water partition coefficient (Wildman–Crippen LogP) is -0.114. The van der Waals surface area contributed by atoms with Gasteiger partial charge in [0.1, 0.15) is 0 Å². The van der Waals surface area contributed by atoms with Gasteiger partial charge < -0.3 is 10.2 Å². The van der Waals surface area contributed by atoms with E-state index in [0.29, 0.717) is 0 Å².